The number of ether oxygens (including phenoxy) is 3. The molecule has 6 unspecified atom stereocenters. The first kappa shape index (κ1) is 16.8. The third-order valence-electron chi connectivity index (χ3n) is 7.82. The molecule has 5 heteroatoms. The van der Waals surface area contributed by atoms with Crippen molar-refractivity contribution < 1.29 is 19.3 Å². The second kappa shape index (κ2) is 5.60. The molecule has 5 nitrogen and oxygen atoms in total. The maximum atomic E-state index is 10.6. The van der Waals surface area contributed by atoms with Gasteiger partial charge in [-0.05, 0) is 64.8 Å². The number of benzene rings is 1. The third kappa shape index (κ3) is 1.97. The topological polar surface area (TPSA) is 51.2 Å². The molecule has 1 aromatic carbocycles. The number of piperidine rings is 1. The van der Waals surface area contributed by atoms with E-state index in [9.17, 15) is 5.11 Å². The number of hydrogen-bond donors (Lipinski definition) is 1. The van der Waals surface area contributed by atoms with Gasteiger partial charge in [-0.1, -0.05) is 6.07 Å². The fourth-order valence-corrected chi connectivity index (χ4v) is 6.33. The lowest BCUT2D eigenvalue weighted by atomic mass is 9.52. The molecule has 2 saturated heterocycles. The van der Waals surface area contributed by atoms with Gasteiger partial charge in [0.05, 0.1) is 6.10 Å². The van der Waals surface area contributed by atoms with Crippen LogP contribution < -0.4 is 4.74 Å². The lowest BCUT2D eigenvalue weighted by Crippen LogP contribution is -2.68. The van der Waals surface area contributed by atoms with E-state index in [0.717, 1.165) is 19.4 Å². The SMILES string of the molecule is Cc1ccc(O)c2c1C13CCN(C)C(C)C1CC1C(C)OCOC1[C@@H]3O2. The predicted octanol–water partition coefficient (Wildman–Crippen LogP) is 2.82. The highest BCUT2D eigenvalue weighted by Gasteiger charge is 2.66. The number of hydrogen-bond acceptors (Lipinski definition) is 5. The van der Waals surface area contributed by atoms with Gasteiger partial charge in [0.15, 0.2) is 11.5 Å². The average molecular weight is 359 g/mol. The third-order valence-corrected chi connectivity index (χ3v) is 7.82. The Morgan fingerprint density at radius 2 is 2.04 bits per heavy atom. The number of nitrogens with zero attached hydrogens (tertiary/aromatic N) is 1. The quantitative estimate of drug-likeness (QED) is 0.772. The molecule has 1 saturated carbocycles. The molecule has 4 aliphatic rings. The Labute approximate surface area is 155 Å². The van der Waals surface area contributed by atoms with Crippen molar-refractivity contribution in [2.24, 2.45) is 11.8 Å². The first-order valence-electron chi connectivity index (χ1n) is 9.88. The van der Waals surface area contributed by atoms with Crippen LogP contribution in [0.3, 0.4) is 0 Å². The maximum Gasteiger partial charge on any atom is 0.165 e. The number of phenols is 1. The van der Waals surface area contributed by atoms with E-state index >= 15 is 0 Å². The fourth-order valence-electron chi connectivity index (χ4n) is 6.33. The molecule has 1 aliphatic carbocycles. The molecule has 5 rings (SSSR count). The molecule has 0 amide bonds. The zero-order valence-corrected chi connectivity index (χ0v) is 16.1. The molecular weight excluding hydrogens is 330 g/mol. The molecule has 1 spiro atoms. The van der Waals surface area contributed by atoms with Crippen LogP contribution in [0.5, 0.6) is 11.5 Å². The molecule has 26 heavy (non-hydrogen) atoms. The standard InChI is InChI=1S/C21H29NO4/c1-11-5-6-16(23)19-17(11)21-7-8-22(4)12(2)15(21)9-14-13(3)24-10-25-18(14)20(21)26-19/h5-6,12-15,18,20,23H,7-10H2,1-4H3/t12?,13?,14?,15?,18?,20-,21?/m0/s1. The molecule has 1 aromatic rings. The molecule has 3 fully saturated rings. The average Bonchev–Trinajstić information content (AvgIpc) is 2.98. The maximum absolute atomic E-state index is 10.6. The minimum absolute atomic E-state index is 0.0248. The summed E-state index contributed by atoms with van der Waals surface area (Å²) in [6, 6.07) is 4.26. The molecule has 7 atom stereocenters. The summed E-state index contributed by atoms with van der Waals surface area (Å²) in [5.74, 6) is 1.75. The van der Waals surface area contributed by atoms with Gasteiger partial charge in [0.1, 0.15) is 19.0 Å². The van der Waals surface area contributed by atoms with Gasteiger partial charge < -0.3 is 24.2 Å². The largest absolute Gasteiger partial charge is 0.504 e. The Kier molecular flexibility index (Phi) is 3.63. The van der Waals surface area contributed by atoms with Crippen molar-refractivity contribution in [1.29, 1.82) is 0 Å². The summed E-state index contributed by atoms with van der Waals surface area (Å²) in [7, 11) is 2.22. The van der Waals surface area contributed by atoms with E-state index in [-0.39, 0.29) is 29.5 Å². The summed E-state index contributed by atoms with van der Waals surface area (Å²) in [6.45, 7) is 8.02. The number of rotatable bonds is 0. The molecule has 0 aromatic heterocycles. The Morgan fingerprint density at radius 3 is 2.85 bits per heavy atom. The summed E-state index contributed by atoms with van der Waals surface area (Å²) in [6.07, 6.45) is 2.27. The van der Waals surface area contributed by atoms with Gasteiger partial charge in [-0.3, -0.25) is 0 Å². The normalized spacial score (nSPS) is 44.5. The smallest absolute Gasteiger partial charge is 0.165 e. The zero-order valence-electron chi connectivity index (χ0n) is 16.1. The van der Waals surface area contributed by atoms with Crippen molar-refractivity contribution >= 4 is 0 Å². The molecule has 0 radical (unpaired) electrons. The fraction of sp³-hybridized carbons (Fsp3) is 0.714. The lowest BCUT2D eigenvalue weighted by Gasteiger charge is -2.59. The molecule has 1 N–H and O–H groups in total. The van der Waals surface area contributed by atoms with Crippen molar-refractivity contribution in [2.45, 2.75) is 63.4 Å². The van der Waals surface area contributed by atoms with Crippen molar-refractivity contribution in [3.05, 3.63) is 23.3 Å². The zero-order chi connectivity index (χ0) is 18.2. The number of fused-ring (bicyclic) bond motifs is 3. The molecule has 142 valence electrons. The van der Waals surface area contributed by atoms with E-state index < -0.39 is 0 Å². The van der Waals surface area contributed by atoms with Crippen molar-refractivity contribution in [1.82, 2.24) is 4.90 Å². The van der Waals surface area contributed by atoms with Crippen LogP contribution in [0.2, 0.25) is 0 Å². The van der Waals surface area contributed by atoms with E-state index in [2.05, 4.69) is 32.7 Å². The van der Waals surface area contributed by atoms with E-state index in [4.69, 9.17) is 14.2 Å². The van der Waals surface area contributed by atoms with E-state index in [1.807, 2.05) is 6.07 Å². The molecular formula is C21H29NO4. The minimum Gasteiger partial charge on any atom is -0.504 e. The Bertz CT molecular complexity index is 737. The van der Waals surface area contributed by atoms with Crippen molar-refractivity contribution in [2.75, 3.05) is 20.4 Å². The number of likely N-dealkylation sites (tertiary alicyclic amines) is 1. The highest BCUT2D eigenvalue weighted by atomic mass is 16.7. The molecule has 0 bridgehead atoms. The van der Waals surface area contributed by atoms with Crippen LogP contribution in [0.4, 0.5) is 0 Å². The minimum atomic E-state index is -0.0810. The van der Waals surface area contributed by atoms with Crippen LogP contribution in [0.1, 0.15) is 37.8 Å². The number of aromatic hydroxyl groups is 1. The monoisotopic (exact) mass is 359 g/mol. The van der Waals surface area contributed by atoms with Crippen LogP contribution >= 0.6 is 0 Å². The lowest BCUT2D eigenvalue weighted by molar-refractivity contribution is -0.256. The van der Waals surface area contributed by atoms with Gasteiger partial charge >= 0.3 is 0 Å². The highest BCUT2D eigenvalue weighted by molar-refractivity contribution is 5.58. The summed E-state index contributed by atoms with van der Waals surface area (Å²) in [4.78, 5) is 2.47. The first-order chi connectivity index (χ1) is 12.4. The summed E-state index contributed by atoms with van der Waals surface area (Å²) in [5, 5.41) is 10.6. The van der Waals surface area contributed by atoms with Gasteiger partial charge in [0.2, 0.25) is 0 Å². The number of phenolic OH excluding ortho intramolecular Hbond substituents is 1. The highest BCUT2D eigenvalue weighted by Crippen LogP contribution is 2.62. The second-order valence-electron chi connectivity index (χ2n) is 8.78. The van der Waals surface area contributed by atoms with Crippen LogP contribution in [0.25, 0.3) is 0 Å². The van der Waals surface area contributed by atoms with E-state index in [1.165, 1.54) is 11.1 Å². The van der Waals surface area contributed by atoms with Gasteiger partial charge in [-0.15, -0.1) is 0 Å². The Balaban J connectivity index is 1.71. The van der Waals surface area contributed by atoms with Crippen LogP contribution in [0.15, 0.2) is 12.1 Å². The van der Waals surface area contributed by atoms with Gasteiger partial charge in [0.25, 0.3) is 0 Å². The van der Waals surface area contributed by atoms with Crippen LogP contribution in [0, 0.1) is 18.8 Å². The van der Waals surface area contributed by atoms with Gasteiger partial charge in [0, 0.05) is 22.9 Å². The predicted molar refractivity (Wildman–Crippen MR) is 97.5 cm³/mol. The summed E-state index contributed by atoms with van der Waals surface area (Å²) in [5.41, 5.74) is 2.37. The Morgan fingerprint density at radius 1 is 1.23 bits per heavy atom. The van der Waals surface area contributed by atoms with Crippen molar-refractivity contribution in [3.8, 4) is 11.5 Å². The van der Waals surface area contributed by atoms with Gasteiger partial charge in [-0.25, -0.2) is 0 Å². The van der Waals surface area contributed by atoms with E-state index in [0.29, 0.717) is 30.4 Å². The van der Waals surface area contributed by atoms with E-state index in [1.54, 1.807) is 6.07 Å². The first-order valence-corrected chi connectivity index (χ1v) is 9.88. The van der Waals surface area contributed by atoms with Crippen LogP contribution in [-0.4, -0.2) is 54.7 Å². The van der Waals surface area contributed by atoms with Crippen molar-refractivity contribution in [3.63, 3.8) is 0 Å². The number of aryl methyl sites for hydroxylation is 1. The second-order valence-corrected chi connectivity index (χ2v) is 8.78. The van der Waals surface area contributed by atoms with Crippen LogP contribution in [-0.2, 0) is 14.9 Å². The Hall–Kier alpha value is -1.30. The molecule has 3 aliphatic heterocycles. The summed E-state index contributed by atoms with van der Waals surface area (Å²) < 4.78 is 18.5. The van der Waals surface area contributed by atoms with Gasteiger partial charge in [-0.2, -0.15) is 0 Å². The molecule has 3 heterocycles. The summed E-state index contributed by atoms with van der Waals surface area (Å²) >= 11 is 0.